The van der Waals surface area contributed by atoms with Crippen LogP contribution in [0.3, 0.4) is 0 Å². The number of rotatable bonds is 15. The molecule has 0 radical (unpaired) electrons. The second-order valence-corrected chi connectivity index (χ2v) is 8.63. The first-order valence-electron chi connectivity index (χ1n) is 9.52. The lowest BCUT2D eigenvalue weighted by atomic mass is 9.98. The molecule has 168 valence electrons. The maximum atomic E-state index is 12.7. The molecule has 29 heavy (non-hydrogen) atoms. The van der Waals surface area contributed by atoms with E-state index in [1.165, 1.54) is 23.5 Å². The monoisotopic (exact) mass is 450 g/mol. The fourth-order valence-corrected chi connectivity index (χ4v) is 3.41. The minimum Gasteiger partial charge on any atom is -0.480 e. The SMILES string of the molecule is CCC(C)C(NC(=O)C(CCSC)NC(=O)C(CCSC)NC(=O)CN)C(=O)O. The van der Waals surface area contributed by atoms with Gasteiger partial charge in [0.25, 0.3) is 0 Å². The average molecular weight is 451 g/mol. The summed E-state index contributed by atoms with van der Waals surface area (Å²) >= 11 is 3.04. The first-order chi connectivity index (χ1) is 13.7. The van der Waals surface area contributed by atoms with Gasteiger partial charge in [-0.3, -0.25) is 14.4 Å². The second kappa shape index (κ2) is 15.4. The highest BCUT2D eigenvalue weighted by molar-refractivity contribution is 7.98. The Labute approximate surface area is 181 Å². The molecule has 0 saturated carbocycles. The number of aliphatic carboxylic acids is 1. The summed E-state index contributed by atoms with van der Waals surface area (Å²) in [5, 5.41) is 17.2. The third-order valence-corrected chi connectivity index (χ3v) is 5.76. The zero-order valence-corrected chi connectivity index (χ0v) is 19.2. The molecule has 0 bridgehead atoms. The Balaban J connectivity index is 5.30. The van der Waals surface area contributed by atoms with Crippen LogP contribution in [0.15, 0.2) is 0 Å². The molecule has 0 aliphatic heterocycles. The van der Waals surface area contributed by atoms with Crippen molar-refractivity contribution in [2.24, 2.45) is 11.7 Å². The van der Waals surface area contributed by atoms with E-state index >= 15 is 0 Å². The van der Waals surface area contributed by atoms with Crippen molar-refractivity contribution in [1.29, 1.82) is 0 Å². The number of carbonyl (C=O) groups excluding carboxylic acids is 3. The highest BCUT2D eigenvalue weighted by Crippen LogP contribution is 2.10. The molecule has 9 nitrogen and oxygen atoms in total. The van der Waals surface area contributed by atoms with Crippen molar-refractivity contribution in [3.05, 3.63) is 0 Å². The highest BCUT2D eigenvalue weighted by Gasteiger charge is 2.31. The van der Waals surface area contributed by atoms with E-state index in [1.807, 2.05) is 19.4 Å². The number of carboxylic acids is 1. The molecule has 0 aliphatic rings. The molecule has 0 aliphatic carbocycles. The molecule has 6 N–H and O–H groups in total. The van der Waals surface area contributed by atoms with Crippen LogP contribution in [0.5, 0.6) is 0 Å². The summed E-state index contributed by atoms with van der Waals surface area (Å²) in [5.41, 5.74) is 5.32. The summed E-state index contributed by atoms with van der Waals surface area (Å²) in [6.07, 6.45) is 5.07. The summed E-state index contributed by atoms with van der Waals surface area (Å²) in [5.74, 6) is -1.63. The van der Waals surface area contributed by atoms with Gasteiger partial charge < -0.3 is 26.8 Å². The third kappa shape index (κ3) is 10.8. The molecule has 3 amide bonds. The predicted molar refractivity (Wildman–Crippen MR) is 118 cm³/mol. The zero-order valence-electron chi connectivity index (χ0n) is 17.5. The summed E-state index contributed by atoms with van der Waals surface area (Å²) in [6.45, 7) is 3.35. The molecule has 0 spiro atoms. The van der Waals surface area contributed by atoms with E-state index in [2.05, 4.69) is 16.0 Å². The van der Waals surface area contributed by atoms with Crippen LogP contribution >= 0.6 is 23.5 Å². The quantitative estimate of drug-likeness (QED) is 0.235. The summed E-state index contributed by atoms with van der Waals surface area (Å²) in [7, 11) is 0. The van der Waals surface area contributed by atoms with E-state index in [-0.39, 0.29) is 12.5 Å². The third-order valence-electron chi connectivity index (χ3n) is 4.47. The van der Waals surface area contributed by atoms with Gasteiger partial charge in [-0.15, -0.1) is 0 Å². The predicted octanol–water partition coefficient (Wildman–Crippen LogP) is 0.0364. The van der Waals surface area contributed by atoms with Gasteiger partial charge in [0.05, 0.1) is 6.54 Å². The molecule has 0 fully saturated rings. The molecule has 0 aromatic heterocycles. The molecular formula is C18H34N4O5S2. The summed E-state index contributed by atoms with van der Waals surface area (Å²) in [6, 6.07) is -2.74. The molecule has 0 aromatic rings. The van der Waals surface area contributed by atoms with Crippen LogP contribution in [0.25, 0.3) is 0 Å². The lowest BCUT2D eigenvalue weighted by molar-refractivity contribution is -0.143. The van der Waals surface area contributed by atoms with Crippen molar-refractivity contribution in [3.63, 3.8) is 0 Å². The van der Waals surface area contributed by atoms with Crippen LogP contribution in [0, 0.1) is 5.92 Å². The van der Waals surface area contributed by atoms with Gasteiger partial charge in [-0.2, -0.15) is 23.5 Å². The lowest BCUT2D eigenvalue weighted by Crippen LogP contribution is -2.57. The number of hydrogen-bond acceptors (Lipinski definition) is 7. The lowest BCUT2D eigenvalue weighted by Gasteiger charge is -2.26. The standard InChI is InChI=1S/C18H34N4O5S2/c1-5-11(2)15(18(26)27)22-17(25)13(7-9-29-4)21-16(24)12(6-8-28-3)20-14(23)10-19/h11-13,15H,5-10,19H2,1-4H3,(H,20,23)(H,21,24)(H,22,25)(H,26,27). The largest absolute Gasteiger partial charge is 0.480 e. The Bertz CT molecular complexity index is 550. The number of hydrogen-bond donors (Lipinski definition) is 5. The van der Waals surface area contributed by atoms with Gasteiger partial charge in [0.2, 0.25) is 17.7 Å². The first kappa shape index (κ1) is 27.5. The van der Waals surface area contributed by atoms with Gasteiger partial charge in [0.15, 0.2) is 0 Å². The van der Waals surface area contributed by atoms with Crippen molar-refractivity contribution in [1.82, 2.24) is 16.0 Å². The van der Waals surface area contributed by atoms with Gasteiger partial charge in [-0.25, -0.2) is 4.79 Å². The van der Waals surface area contributed by atoms with Gasteiger partial charge in [0.1, 0.15) is 18.1 Å². The maximum absolute atomic E-state index is 12.7. The van der Waals surface area contributed by atoms with Gasteiger partial charge in [0, 0.05) is 0 Å². The number of amides is 3. The number of nitrogens with one attached hydrogen (secondary N) is 3. The second-order valence-electron chi connectivity index (χ2n) is 6.66. The molecule has 11 heteroatoms. The molecule has 0 heterocycles. The fraction of sp³-hybridized carbons (Fsp3) is 0.778. The topological polar surface area (TPSA) is 151 Å². The molecule has 0 saturated heterocycles. The molecule has 0 rings (SSSR count). The van der Waals surface area contributed by atoms with Crippen LogP contribution in [-0.4, -0.2) is 77.5 Å². The van der Waals surface area contributed by atoms with Crippen molar-refractivity contribution in [2.75, 3.05) is 30.6 Å². The van der Waals surface area contributed by atoms with Gasteiger partial charge in [-0.05, 0) is 42.8 Å². The molecular weight excluding hydrogens is 416 g/mol. The van der Waals surface area contributed by atoms with E-state index in [4.69, 9.17) is 5.73 Å². The normalized spacial score (nSPS) is 14.9. The minimum atomic E-state index is -1.12. The van der Waals surface area contributed by atoms with E-state index < -0.39 is 41.8 Å². The Morgan fingerprint density at radius 3 is 1.83 bits per heavy atom. The van der Waals surface area contributed by atoms with E-state index in [0.717, 1.165) is 0 Å². The number of carboxylic acid groups (broad SMARTS) is 1. The Morgan fingerprint density at radius 2 is 1.41 bits per heavy atom. The number of carbonyl (C=O) groups is 4. The zero-order chi connectivity index (χ0) is 22.4. The van der Waals surface area contributed by atoms with E-state index in [0.29, 0.717) is 30.8 Å². The molecule has 0 aromatic carbocycles. The van der Waals surface area contributed by atoms with Crippen molar-refractivity contribution < 1.29 is 24.3 Å². The summed E-state index contributed by atoms with van der Waals surface area (Å²) < 4.78 is 0. The van der Waals surface area contributed by atoms with Crippen molar-refractivity contribution in [3.8, 4) is 0 Å². The smallest absolute Gasteiger partial charge is 0.326 e. The van der Waals surface area contributed by atoms with Crippen LogP contribution in [0.4, 0.5) is 0 Å². The van der Waals surface area contributed by atoms with Crippen LogP contribution in [0.2, 0.25) is 0 Å². The first-order valence-corrected chi connectivity index (χ1v) is 12.3. The van der Waals surface area contributed by atoms with Crippen molar-refractivity contribution in [2.45, 2.75) is 51.2 Å². The fourth-order valence-electron chi connectivity index (χ4n) is 2.47. The van der Waals surface area contributed by atoms with Crippen molar-refractivity contribution >= 4 is 47.2 Å². The van der Waals surface area contributed by atoms with Gasteiger partial charge >= 0.3 is 5.97 Å². The Morgan fingerprint density at radius 1 is 0.931 bits per heavy atom. The molecule has 4 atom stereocenters. The average Bonchev–Trinajstić information content (AvgIpc) is 2.70. The van der Waals surface area contributed by atoms with Gasteiger partial charge in [-0.1, -0.05) is 20.3 Å². The molecule has 4 unspecified atom stereocenters. The summed E-state index contributed by atoms with van der Waals surface area (Å²) in [4.78, 5) is 48.6. The van der Waals surface area contributed by atoms with E-state index in [9.17, 15) is 24.3 Å². The Kier molecular flexibility index (Phi) is 14.6. The minimum absolute atomic E-state index is 0.241. The number of nitrogens with two attached hydrogens (primary N) is 1. The van der Waals surface area contributed by atoms with Crippen LogP contribution < -0.4 is 21.7 Å². The highest BCUT2D eigenvalue weighted by atomic mass is 32.2. The number of thioether (sulfide) groups is 2. The van der Waals surface area contributed by atoms with E-state index in [1.54, 1.807) is 6.92 Å². The Hall–Kier alpha value is -1.46. The van der Waals surface area contributed by atoms with Crippen LogP contribution in [0.1, 0.15) is 33.1 Å². The van der Waals surface area contributed by atoms with Crippen LogP contribution in [-0.2, 0) is 19.2 Å². The maximum Gasteiger partial charge on any atom is 0.326 e.